The number of primary amides is 1. The Morgan fingerprint density at radius 2 is 2.00 bits per heavy atom. The summed E-state index contributed by atoms with van der Waals surface area (Å²) in [5.41, 5.74) is 12.4. The molecular formula is C19H21Cl2N5O2S2. The fourth-order valence-electron chi connectivity index (χ4n) is 2.69. The lowest BCUT2D eigenvalue weighted by Gasteiger charge is -2.13. The van der Waals surface area contributed by atoms with Gasteiger partial charge in [-0.3, -0.25) is 9.59 Å². The van der Waals surface area contributed by atoms with Crippen molar-refractivity contribution in [1.82, 2.24) is 15.3 Å². The maximum Gasteiger partial charge on any atom is 0.262 e. The number of thiophene rings is 1. The summed E-state index contributed by atoms with van der Waals surface area (Å²) in [6.45, 7) is 0. The summed E-state index contributed by atoms with van der Waals surface area (Å²) in [6, 6.07) is 5.93. The zero-order chi connectivity index (χ0) is 21.1. The number of amides is 2. The third-order valence-corrected chi connectivity index (χ3v) is 6.30. The minimum Gasteiger partial charge on any atom is -0.368 e. The lowest BCUT2D eigenvalue weighted by molar-refractivity contribution is -0.119. The lowest BCUT2D eigenvalue weighted by atomic mass is 10.1. The van der Waals surface area contributed by atoms with Crippen LogP contribution in [0.25, 0.3) is 21.5 Å². The largest absolute Gasteiger partial charge is 0.368 e. The van der Waals surface area contributed by atoms with Gasteiger partial charge in [0.05, 0.1) is 15.6 Å². The first kappa shape index (κ1) is 24.2. The van der Waals surface area contributed by atoms with Crippen molar-refractivity contribution in [2.45, 2.75) is 19.9 Å². The van der Waals surface area contributed by atoms with Gasteiger partial charge in [0.1, 0.15) is 10.9 Å². The number of benzene rings is 1. The van der Waals surface area contributed by atoms with Gasteiger partial charge in [-0.1, -0.05) is 30.6 Å². The number of nitrogens with zero attached hydrogens (tertiary/aromatic N) is 2. The van der Waals surface area contributed by atoms with E-state index in [1.54, 1.807) is 36.0 Å². The first-order chi connectivity index (χ1) is 13.8. The molecule has 0 fully saturated rings. The molecule has 2 aromatic heterocycles. The Labute approximate surface area is 192 Å². The molecule has 2 amide bonds. The van der Waals surface area contributed by atoms with E-state index in [9.17, 15) is 9.59 Å². The maximum absolute atomic E-state index is 12.7. The van der Waals surface area contributed by atoms with Gasteiger partial charge in [-0.15, -0.1) is 11.3 Å². The van der Waals surface area contributed by atoms with Crippen LogP contribution >= 0.6 is 46.3 Å². The van der Waals surface area contributed by atoms with E-state index in [1.165, 1.54) is 0 Å². The predicted molar refractivity (Wildman–Crippen MR) is 127 cm³/mol. The summed E-state index contributed by atoms with van der Waals surface area (Å²) in [4.78, 5) is 33.7. The molecular weight excluding hydrogens is 465 g/mol. The second kappa shape index (κ2) is 10.3. The summed E-state index contributed by atoms with van der Waals surface area (Å²) in [5, 5.41) is 4.20. The highest BCUT2D eigenvalue weighted by Gasteiger charge is 2.22. The number of fused-ring (bicyclic) bond motifs is 1. The van der Waals surface area contributed by atoms with Crippen LogP contribution in [0.15, 0.2) is 24.3 Å². The molecule has 160 valence electrons. The second-order valence-electron chi connectivity index (χ2n) is 6.09. The summed E-state index contributed by atoms with van der Waals surface area (Å²) in [5.74, 6) is -0.236. The molecule has 0 spiro atoms. The molecule has 0 radical (unpaired) electrons. The molecule has 0 saturated carbocycles. The van der Waals surface area contributed by atoms with Crippen molar-refractivity contribution in [3.05, 3.63) is 39.2 Å². The third-order valence-electron chi connectivity index (χ3n) is 4.08. The lowest BCUT2D eigenvalue weighted by Crippen LogP contribution is -2.44. The van der Waals surface area contributed by atoms with E-state index in [0.717, 1.165) is 11.3 Å². The molecule has 11 heteroatoms. The van der Waals surface area contributed by atoms with E-state index in [0.29, 0.717) is 48.6 Å². The van der Waals surface area contributed by atoms with Crippen LogP contribution in [0.4, 0.5) is 5.95 Å². The molecule has 2 heterocycles. The van der Waals surface area contributed by atoms with E-state index >= 15 is 0 Å². The topological polar surface area (TPSA) is 124 Å². The fourth-order valence-corrected chi connectivity index (χ4v) is 4.60. The molecule has 1 atom stereocenters. The third kappa shape index (κ3) is 5.34. The van der Waals surface area contributed by atoms with Crippen LogP contribution in [0.2, 0.25) is 10.0 Å². The van der Waals surface area contributed by atoms with Gasteiger partial charge in [0, 0.05) is 16.0 Å². The summed E-state index contributed by atoms with van der Waals surface area (Å²) < 4.78 is 0. The number of halogens is 2. The molecule has 3 aromatic rings. The minimum absolute atomic E-state index is 0. The Morgan fingerprint density at radius 1 is 1.27 bits per heavy atom. The normalized spacial score (nSPS) is 11.7. The average Bonchev–Trinajstić information content (AvgIpc) is 3.08. The van der Waals surface area contributed by atoms with Crippen LogP contribution < -0.4 is 16.8 Å². The molecule has 0 aliphatic heterocycles. The Kier molecular flexibility index (Phi) is 8.31. The van der Waals surface area contributed by atoms with Crippen LogP contribution in [0.3, 0.4) is 0 Å². The smallest absolute Gasteiger partial charge is 0.262 e. The van der Waals surface area contributed by atoms with Crippen molar-refractivity contribution < 1.29 is 9.59 Å². The zero-order valence-electron chi connectivity index (χ0n) is 15.2. The molecule has 5 N–H and O–H groups in total. The number of thioether (sulfide) groups is 1. The number of carbonyl (C=O) groups excluding carboxylic acids is 2. The van der Waals surface area contributed by atoms with Gasteiger partial charge >= 0.3 is 0 Å². The first-order valence-electron chi connectivity index (χ1n) is 8.41. The van der Waals surface area contributed by atoms with Gasteiger partial charge in [0.15, 0.2) is 0 Å². The van der Waals surface area contributed by atoms with Crippen molar-refractivity contribution in [3.63, 3.8) is 0 Å². The Balaban J connectivity index is 0.00000320. The number of nitrogens with two attached hydrogens (primary N) is 2. The first-order valence-corrected chi connectivity index (χ1v) is 11.4. The van der Waals surface area contributed by atoms with Crippen LogP contribution in [0.1, 0.15) is 23.5 Å². The standard InChI is InChI=1S/C18H17Cl2N5O2S2.CH4/c1-28-5-4-12(15(21)26)23-16(27)13-7-10-14(24-18(22)25-17(10)29-13)9-3-2-8(19)6-11(9)20;/h2-3,6-7,12H,4-5H2,1H3,(H2,21,26)(H,23,27)(H2,22,24,25);1H4/t12-;/m0./s1. The molecule has 0 bridgehead atoms. The maximum atomic E-state index is 12.7. The number of rotatable bonds is 7. The molecule has 0 saturated heterocycles. The zero-order valence-corrected chi connectivity index (χ0v) is 18.4. The quantitative estimate of drug-likeness (QED) is 0.459. The van der Waals surface area contributed by atoms with Crippen molar-refractivity contribution in [3.8, 4) is 11.3 Å². The summed E-state index contributed by atoms with van der Waals surface area (Å²) in [7, 11) is 0. The Bertz CT molecular complexity index is 1090. The molecule has 0 unspecified atom stereocenters. The number of anilines is 1. The Morgan fingerprint density at radius 3 is 2.63 bits per heavy atom. The minimum atomic E-state index is -0.749. The monoisotopic (exact) mass is 485 g/mol. The number of hydrogen-bond donors (Lipinski definition) is 3. The van der Waals surface area contributed by atoms with Gasteiger partial charge in [-0.05, 0) is 42.7 Å². The van der Waals surface area contributed by atoms with Crippen molar-refractivity contribution in [2.75, 3.05) is 17.7 Å². The molecule has 1 aromatic carbocycles. The van der Waals surface area contributed by atoms with Crippen molar-refractivity contribution >= 4 is 74.3 Å². The number of hydrogen-bond acceptors (Lipinski definition) is 7. The number of nitrogen functional groups attached to an aromatic ring is 1. The number of nitrogens with one attached hydrogen (secondary N) is 1. The molecule has 0 aliphatic rings. The van der Waals surface area contributed by atoms with E-state index in [-0.39, 0.29) is 13.4 Å². The fraction of sp³-hybridized carbons (Fsp3) is 0.263. The van der Waals surface area contributed by atoms with Crippen LogP contribution in [-0.4, -0.2) is 39.8 Å². The average molecular weight is 486 g/mol. The summed E-state index contributed by atoms with van der Waals surface area (Å²) in [6.07, 6.45) is 2.36. The number of carbonyl (C=O) groups is 2. The van der Waals surface area contributed by atoms with Crippen molar-refractivity contribution in [1.29, 1.82) is 0 Å². The van der Waals surface area contributed by atoms with E-state index in [1.807, 2.05) is 6.26 Å². The van der Waals surface area contributed by atoms with Crippen LogP contribution in [0, 0.1) is 0 Å². The summed E-state index contributed by atoms with van der Waals surface area (Å²) >= 11 is 15.0. The van der Waals surface area contributed by atoms with E-state index < -0.39 is 17.9 Å². The predicted octanol–water partition coefficient (Wildman–Crippen LogP) is 4.22. The highest BCUT2D eigenvalue weighted by atomic mass is 35.5. The van der Waals surface area contributed by atoms with Gasteiger partial charge < -0.3 is 16.8 Å². The van der Waals surface area contributed by atoms with Gasteiger partial charge in [-0.25, -0.2) is 9.97 Å². The Hall–Kier alpha value is -2.07. The van der Waals surface area contributed by atoms with Crippen LogP contribution in [0.5, 0.6) is 0 Å². The highest BCUT2D eigenvalue weighted by Crippen LogP contribution is 2.36. The van der Waals surface area contributed by atoms with Gasteiger partial charge in [0.2, 0.25) is 11.9 Å². The number of aromatic nitrogens is 2. The molecule has 30 heavy (non-hydrogen) atoms. The van der Waals surface area contributed by atoms with E-state index in [4.69, 9.17) is 34.7 Å². The molecule has 3 rings (SSSR count). The van der Waals surface area contributed by atoms with Gasteiger partial charge in [0.25, 0.3) is 5.91 Å². The van der Waals surface area contributed by atoms with Gasteiger partial charge in [-0.2, -0.15) is 11.8 Å². The van der Waals surface area contributed by atoms with Crippen LogP contribution in [-0.2, 0) is 4.79 Å². The highest BCUT2D eigenvalue weighted by molar-refractivity contribution is 7.98. The van der Waals surface area contributed by atoms with Crippen molar-refractivity contribution in [2.24, 2.45) is 5.73 Å². The van der Waals surface area contributed by atoms with E-state index in [2.05, 4.69) is 15.3 Å². The molecule has 7 nitrogen and oxygen atoms in total. The second-order valence-corrected chi connectivity index (χ2v) is 8.95. The SMILES string of the molecule is C.CSCC[C@H](NC(=O)c1cc2c(-c3ccc(Cl)cc3Cl)nc(N)nc2s1)C(N)=O. The molecule has 0 aliphatic carbocycles.